The summed E-state index contributed by atoms with van der Waals surface area (Å²) >= 11 is 0. The molecule has 104 valence electrons. The molecule has 1 heterocycles. The quantitative estimate of drug-likeness (QED) is 0.791. The summed E-state index contributed by atoms with van der Waals surface area (Å²) < 4.78 is 44.3. The average Bonchev–Trinajstić information content (AvgIpc) is 2.80. The Kier molecular flexibility index (Phi) is 4.26. The number of methoxy groups -OCH3 is 1. The first-order chi connectivity index (χ1) is 9.02. The molecule has 0 aromatic heterocycles. The number of ether oxygens (including phenoxy) is 1. The summed E-state index contributed by atoms with van der Waals surface area (Å²) in [5.41, 5.74) is 0. The molecule has 0 bridgehead atoms. The largest absolute Gasteiger partial charge is 0.468 e. The van der Waals surface area contributed by atoms with Gasteiger partial charge in [-0.25, -0.2) is 17.3 Å². The summed E-state index contributed by atoms with van der Waals surface area (Å²) in [5.74, 6) is -1.06. The number of alkyl halides is 1. The van der Waals surface area contributed by atoms with E-state index < -0.39 is 35.0 Å². The highest BCUT2D eigenvalue weighted by molar-refractivity contribution is 7.82. The second-order valence-corrected chi connectivity index (χ2v) is 5.61. The van der Waals surface area contributed by atoms with Gasteiger partial charge in [-0.3, -0.25) is 4.79 Å². The Hall–Kier alpha value is -1.34. The number of nitrogens with zero attached hydrogens (tertiary/aromatic N) is 1. The maximum atomic E-state index is 13.4. The Labute approximate surface area is 111 Å². The first kappa shape index (κ1) is 14.1. The molecule has 3 atom stereocenters. The van der Waals surface area contributed by atoms with Gasteiger partial charge in [0.05, 0.1) is 12.0 Å². The minimum absolute atomic E-state index is 0.0421. The summed E-state index contributed by atoms with van der Waals surface area (Å²) in [5, 5.41) is 0. The number of hydrogen-bond acceptors (Lipinski definition) is 3. The van der Waals surface area contributed by atoms with Crippen LogP contribution in [0.25, 0.3) is 0 Å². The third-order valence-corrected chi connectivity index (χ3v) is 4.41. The van der Waals surface area contributed by atoms with E-state index in [1.807, 2.05) is 0 Å². The van der Waals surface area contributed by atoms with Crippen molar-refractivity contribution in [1.29, 1.82) is 0 Å². The number of rotatable bonds is 3. The zero-order chi connectivity index (χ0) is 14.0. The van der Waals surface area contributed by atoms with Crippen molar-refractivity contribution in [2.45, 2.75) is 23.5 Å². The normalized spacial score (nSPS) is 25.2. The molecule has 1 saturated heterocycles. The van der Waals surface area contributed by atoms with Crippen molar-refractivity contribution in [1.82, 2.24) is 4.31 Å². The van der Waals surface area contributed by atoms with Crippen LogP contribution < -0.4 is 0 Å². The highest BCUT2D eigenvalue weighted by atomic mass is 32.2. The molecule has 0 radical (unpaired) electrons. The Morgan fingerprint density at radius 1 is 1.42 bits per heavy atom. The van der Waals surface area contributed by atoms with Crippen LogP contribution in [0.2, 0.25) is 0 Å². The number of esters is 1. The van der Waals surface area contributed by atoms with Gasteiger partial charge in [0.2, 0.25) is 0 Å². The van der Waals surface area contributed by atoms with Crippen molar-refractivity contribution in [3.63, 3.8) is 0 Å². The van der Waals surface area contributed by atoms with E-state index in [-0.39, 0.29) is 13.0 Å². The van der Waals surface area contributed by atoms with E-state index in [2.05, 4.69) is 4.74 Å². The molecule has 0 N–H and O–H groups in total. The van der Waals surface area contributed by atoms with Crippen LogP contribution in [-0.4, -0.2) is 40.4 Å². The van der Waals surface area contributed by atoms with Gasteiger partial charge in [0.25, 0.3) is 0 Å². The average molecular weight is 289 g/mol. The minimum atomic E-state index is -1.71. The third kappa shape index (κ3) is 2.98. The van der Waals surface area contributed by atoms with Gasteiger partial charge in [-0.1, -0.05) is 0 Å². The highest BCUT2D eigenvalue weighted by Gasteiger charge is 2.41. The second-order valence-electron chi connectivity index (χ2n) is 4.17. The van der Waals surface area contributed by atoms with E-state index in [1.165, 1.54) is 35.7 Å². The van der Waals surface area contributed by atoms with Crippen molar-refractivity contribution >= 4 is 17.0 Å². The Morgan fingerprint density at radius 2 is 2.05 bits per heavy atom. The minimum Gasteiger partial charge on any atom is -0.468 e. The smallest absolute Gasteiger partial charge is 0.324 e. The van der Waals surface area contributed by atoms with Gasteiger partial charge >= 0.3 is 5.97 Å². The Bertz CT molecular complexity index is 494. The molecule has 1 aromatic carbocycles. The number of halogens is 2. The van der Waals surface area contributed by atoms with Crippen molar-refractivity contribution in [2.24, 2.45) is 0 Å². The Balaban J connectivity index is 2.21. The highest BCUT2D eigenvalue weighted by Crippen LogP contribution is 2.26. The van der Waals surface area contributed by atoms with Crippen LogP contribution >= 0.6 is 0 Å². The van der Waals surface area contributed by atoms with Crippen molar-refractivity contribution in [2.75, 3.05) is 13.7 Å². The van der Waals surface area contributed by atoms with Gasteiger partial charge in [0.1, 0.15) is 29.0 Å². The standard InChI is InChI=1S/C12H13F2NO3S/c1-18-12(16)11-6-9(14)7-15(11)19(17)10-4-2-8(13)3-5-10/h2-5,9,11H,6-7H2,1H3. The SMILES string of the molecule is COC(=O)C1CC(F)CN1S(=O)c1ccc(F)cc1. The lowest BCUT2D eigenvalue weighted by Gasteiger charge is -2.20. The van der Waals surface area contributed by atoms with Crippen LogP contribution in [0, 0.1) is 5.82 Å². The van der Waals surface area contributed by atoms with Gasteiger partial charge in [0, 0.05) is 13.0 Å². The molecule has 2 rings (SSSR count). The molecule has 0 amide bonds. The lowest BCUT2D eigenvalue weighted by molar-refractivity contribution is -0.144. The second kappa shape index (κ2) is 5.75. The molecule has 7 heteroatoms. The zero-order valence-electron chi connectivity index (χ0n) is 10.2. The van der Waals surface area contributed by atoms with Crippen LogP contribution in [0.1, 0.15) is 6.42 Å². The maximum absolute atomic E-state index is 13.4. The molecule has 4 nitrogen and oxygen atoms in total. The summed E-state index contributed by atoms with van der Waals surface area (Å²) in [7, 11) is -0.513. The fraction of sp³-hybridized carbons (Fsp3) is 0.417. The molecule has 0 spiro atoms. The van der Waals surface area contributed by atoms with Crippen LogP contribution in [-0.2, 0) is 20.5 Å². The van der Waals surface area contributed by atoms with Crippen molar-refractivity contribution in [3.05, 3.63) is 30.1 Å². The fourth-order valence-electron chi connectivity index (χ4n) is 1.98. The lowest BCUT2D eigenvalue weighted by Crippen LogP contribution is -2.38. The van der Waals surface area contributed by atoms with Crippen molar-refractivity contribution < 1.29 is 22.5 Å². The van der Waals surface area contributed by atoms with E-state index in [9.17, 15) is 17.8 Å². The van der Waals surface area contributed by atoms with Crippen molar-refractivity contribution in [3.8, 4) is 0 Å². The third-order valence-electron chi connectivity index (χ3n) is 2.91. The number of hydrogen-bond donors (Lipinski definition) is 0. The molecule has 19 heavy (non-hydrogen) atoms. The van der Waals surface area contributed by atoms with E-state index in [0.717, 1.165) is 0 Å². The molecule has 3 unspecified atom stereocenters. The van der Waals surface area contributed by atoms with Crippen LogP contribution in [0.4, 0.5) is 8.78 Å². The van der Waals surface area contributed by atoms with Crippen LogP contribution in [0.5, 0.6) is 0 Å². The first-order valence-electron chi connectivity index (χ1n) is 5.69. The number of benzene rings is 1. The molecule has 1 aromatic rings. The van der Waals surface area contributed by atoms with Crippen LogP contribution in [0.15, 0.2) is 29.2 Å². The summed E-state index contributed by atoms with van der Waals surface area (Å²) in [6, 6.07) is 4.18. The topological polar surface area (TPSA) is 46.6 Å². The van der Waals surface area contributed by atoms with Gasteiger partial charge in [-0.05, 0) is 24.3 Å². The summed E-state index contributed by atoms with van der Waals surface area (Å²) in [4.78, 5) is 11.9. The van der Waals surface area contributed by atoms with Gasteiger partial charge in [-0.15, -0.1) is 0 Å². The molecule has 1 fully saturated rings. The Morgan fingerprint density at radius 3 is 2.63 bits per heavy atom. The van der Waals surface area contributed by atoms with Gasteiger partial charge in [-0.2, -0.15) is 0 Å². The molecular weight excluding hydrogens is 276 g/mol. The summed E-state index contributed by atoms with van der Waals surface area (Å²) in [6.45, 7) is -0.107. The summed E-state index contributed by atoms with van der Waals surface area (Å²) in [6.07, 6.45) is -1.27. The molecule has 0 aliphatic carbocycles. The monoisotopic (exact) mass is 289 g/mol. The van der Waals surface area contributed by atoms with Gasteiger partial charge < -0.3 is 4.74 Å². The van der Waals surface area contributed by atoms with E-state index in [1.54, 1.807) is 0 Å². The lowest BCUT2D eigenvalue weighted by atomic mass is 10.2. The maximum Gasteiger partial charge on any atom is 0.324 e. The van der Waals surface area contributed by atoms with E-state index in [0.29, 0.717) is 4.90 Å². The molecular formula is C12H13F2NO3S. The van der Waals surface area contributed by atoms with E-state index >= 15 is 0 Å². The number of carbonyl (C=O) groups excluding carboxylic acids is 1. The fourth-order valence-corrected chi connectivity index (χ4v) is 3.32. The molecule has 1 aliphatic heterocycles. The number of carbonyl (C=O) groups is 1. The predicted octanol–water partition coefficient (Wildman–Crippen LogP) is 1.43. The zero-order valence-corrected chi connectivity index (χ0v) is 11.0. The molecule has 1 aliphatic rings. The first-order valence-corrected chi connectivity index (χ1v) is 6.79. The van der Waals surface area contributed by atoms with E-state index in [4.69, 9.17) is 0 Å². The van der Waals surface area contributed by atoms with Gasteiger partial charge in [0.15, 0.2) is 0 Å². The molecule has 0 saturated carbocycles. The predicted molar refractivity (Wildman–Crippen MR) is 64.8 cm³/mol. The van der Waals surface area contributed by atoms with Crippen LogP contribution in [0.3, 0.4) is 0 Å².